The Bertz CT molecular complexity index is 996. The Morgan fingerprint density at radius 1 is 1.09 bits per heavy atom. The number of aliphatic hydroxyl groups is 1. The average molecular weight is 565 g/mol. The first-order chi connectivity index (χ1) is 15.7. The molecule has 0 saturated carbocycles. The van der Waals surface area contributed by atoms with Gasteiger partial charge in [-0.15, -0.1) is 24.0 Å². The van der Waals surface area contributed by atoms with Crippen molar-refractivity contribution < 1.29 is 14.6 Å². The molecule has 33 heavy (non-hydrogen) atoms. The fourth-order valence-electron chi connectivity index (χ4n) is 3.23. The lowest BCUT2D eigenvalue weighted by Gasteiger charge is -2.15. The van der Waals surface area contributed by atoms with Gasteiger partial charge in [-0.25, -0.2) is 4.99 Å². The van der Waals surface area contributed by atoms with E-state index in [1.807, 2.05) is 54.2 Å². The second-order valence-electron chi connectivity index (χ2n) is 7.08. The van der Waals surface area contributed by atoms with Crippen LogP contribution >= 0.6 is 24.0 Å². The van der Waals surface area contributed by atoms with E-state index < -0.39 is 0 Å². The second-order valence-corrected chi connectivity index (χ2v) is 7.08. The number of nitrogens with one attached hydrogen (secondary N) is 2. The summed E-state index contributed by atoms with van der Waals surface area (Å²) in [5, 5.41) is 20.0. The van der Waals surface area contributed by atoms with Gasteiger partial charge in [-0.1, -0.05) is 30.3 Å². The average Bonchev–Trinajstić information content (AvgIpc) is 3.33. The number of hydrogen-bond acceptors (Lipinski definition) is 5. The Balaban J connectivity index is 0.00000385. The molecule has 0 aliphatic carbocycles. The molecule has 9 heteroatoms. The maximum absolute atomic E-state index is 8.95. The van der Waals surface area contributed by atoms with E-state index in [4.69, 9.17) is 19.6 Å². The summed E-state index contributed by atoms with van der Waals surface area (Å²) in [6, 6.07) is 15.9. The molecule has 0 aliphatic rings. The van der Waals surface area contributed by atoms with Crippen molar-refractivity contribution in [3.63, 3.8) is 0 Å². The van der Waals surface area contributed by atoms with Gasteiger partial charge in [0.15, 0.2) is 17.5 Å². The predicted octanol–water partition coefficient (Wildman–Crippen LogP) is 3.18. The van der Waals surface area contributed by atoms with E-state index in [1.165, 1.54) is 11.1 Å². The zero-order valence-corrected chi connectivity index (χ0v) is 21.4. The van der Waals surface area contributed by atoms with Crippen LogP contribution < -0.4 is 20.1 Å². The highest BCUT2D eigenvalue weighted by Crippen LogP contribution is 2.28. The topological polar surface area (TPSA) is 92.9 Å². The van der Waals surface area contributed by atoms with Crippen LogP contribution in [0.3, 0.4) is 0 Å². The molecule has 3 aromatic rings. The normalized spacial score (nSPS) is 10.9. The quantitative estimate of drug-likeness (QED) is 0.188. The van der Waals surface area contributed by atoms with Crippen LogP contribution in [-0.2, 0) is 19.6 Å². The Kier molecular flexibility index (Phi) is 11.5. The van der Waals surface area contributed by atoms with E-state index in [1.54, 1.807) is 13.3 Å². The zero-order chi connectivity index (χ0) is 22.6. The number of methoxy groups -OCH3 is 1. The van der Waals surface area contributed by atoms with Crippen molar-refractivity contribution in [2.75, 3.05) is 26.9 Å². The van der Waals surface area contributed by atoms with E-state index in [-0.39, 0.29) is 37.2 Å². The number of halogens is 1. The van der Waals surface area contributed by atoms with Crippen molar-refractivity contribution in [1.82, 2.24) is 20.4 Å². The minimum atomic E-state index is -0.0437. The van der Waals surface area contributed by atoms with Crippen LogP contribution in [0.2, 0.25) is 0 Å². The van der Waals surface area contributed by atoms with Gasteiger partial charge in [-0.3, -0.25) is 4.68 Å². The molecule has 3 N–H and O–H groups in total. The lowest BCUT2D eigenvalue weighted by molar-refractivity contribution is 0.196. The summed E-state index contributed by atoms with van der Waals surface area (Å²) >= 11 is 0. The number of rotatable bonds is 11. The molecule has 0 aliphatic heterocycles. The van der Waals surface area contributed by atoms with Gasteiger partial charge in [0.1, 0.15) is 6.61 Å². The van der Waals surface area contributed by atoms with Gasteiger partial charge >= 0.3 is 0 Å². The predicted molar refractivity (Wildman–Crippen MR) is 140 cm³/mol. The van der Waals surface area contributed by atoms with Crippen molar-refractivity contribution in [1.29, 1.82) is 0 Å². The third-order valence-corrected chi connectivity index (χ3v) is 4.80. The summed E-state index contributed by atoms with van der Waals surface area (Å²) in [6.45, 7) is 4.85. The molecule has 1 heterocycles. The van der Waals surface area contributed by atoms with E-state index >= 15 is 0 Å². The highest BCUT2D eigenvalue weighted by molar-refractivity contribution is 14.0. The highest BCUT2D eigenvalue weighted by Gasteiger charge is 2.07. The van der Waals surface area contributed by atoms with Gasteiger partial charge in [0.2, 0.25) is 0 Å². The highest BCUT2D eigenvalue weighted by atomic mass is 127. The number of aliphatic imine (C=N–C) groups is 1. The fraction of sp³-hybridized carbons (Fsp3) is 0.333. The second kappa shape index (κ2) is 14.4. The van der Waals surface area contributed by atoms with Crippen molar-refractivity contribution in [3.8, 4) is 11.5 Å². The molecule has 0 fully saturated rings. The number of benzene rings is 2. The van der Waals surface area contributed by atoms with Crippen LogP contribution in [0.25, 0.3) is 0 Å². The molecular formula is C24H32IN5O3. The zero-order valence-electron chi connectivity index (χ0n) is 19.0. The first kappa shape index (κ1) is 26.5. The van der Waals surface area contributed by atoms with Crippen LogP contribution in [0, 0.1) is 0 Å². The molecule has 0 saturated heterocycles. The molecular weight excluding hydrogens is 533 g/mol. The van der Waals surface area contributed by atoms with Crippen molar-refractivity contribution in [3.05, 3.63) is 77.6 Å². The van der Waals surface area contributed by atoms with E-state index in [9.17, 15) is 0 Å². The molecule has 8 nitrogen and oxygen atoms in total. The summed E-state index contributed by atoms with van der Waals surface area (Å²) in [5.41, 5.74) is 3.40. The SMILES string of the molecule is CCNC(=NCc1ccc(OCCO)c(OC)c1)NCc1ccccc1Cn1cccn1.I. The van der Waals surface area contributed by atoms with Gasteiger partial charge in [0, 0.05) is 25.5 Å². The first-order valence-electron chi connectivity index (χ1n) is 10.7. The summed E-state index contributed by atoms with van der Waals surface area (Å²) < 4.78 is 12.8. The maximum atomic E-state index is 8.95. The van der Waals surface area contributed by atoms with Gasteiger partial charge < -0.3 is 25.2 Å². The van der Waals surface area contributed by atoms with Crippen LogP contribution in [0.1, 0.15) is 23.6 Å². The number of aromatic nitrogens is 2. The van der Waals surface area contributed by atoms with E-state index in [0.717, 1.165) is 24.6 Å². The van der Waals surface area contributed by atoms with E-state index in [0.29, 0.717) is 24.6 Å². The van der Waals surface area contributed by atoms with Gasteiger partial charge in [-0.2, -0.15) is 5.10 Å². The molecule has 1 aromatic heterocycles. The molecule has 178 valence electrons. The molecule has 3 rings (SSSR count). The van der Waals surface area contributed by atoms with Crippen LogP contribution in [0.5, 0.6) is 11.5 Å². The number of ether oxygens (including phenoxy) is 2. The van der Waals surface area contributed by atoms with Crippen LogP contribution in [-0.4, -0.2) is 47.7 Å². The summed E-state index contributed by atoms with van der Waals surface area (Å²) in [4.78, 5) is 4.71. The van der Waals surface area contributed by atoms with Crippen molar-refractivity contribution in [2.45, 2.75) is 26.6 Å². The first-order valence-corrected chi connectivity index (χ1v) is 10.7. The third kappa shape index (κ3) is 8.25. The minimum Gasteiger partial charge on any atom is -0.493 e. The number of aliphatic hydroxyl groups excluding tert-OH is 1. The van der Waals surface area contributed by atoms with Crippen molar-refractivity contribution >= 4 is 29.9 Å². The molecule has 0 amide bonds. The molecule has 0 atom stereocenters. The molecule has 0 unspecified atom stereocenters. The lowest BCUT2D eigenvalue weighted by atomic mass is 10.1. The van der Waals surface area contributed by atoms with Gasteiger partial charge in [0.05, 0.1) is 26.8 Å². The molecule has 0 spiro atoms. The van der Waals surface area contributed by atoms with Crippen LogP contribution in [0.4, 0.5) is 0 Å². The van der Waals surface area contributed by atoms with E-state index in [2.05, 4.69) is 27.9 Å². The smallest absolute Gasteiger partial charge is 0.191 e. The monoisotopic (exact) mass is 565 g/mol. The summed E-state index contributed by atoms with van der Waals surface area (Å²) in [6.07, 6.45) is 3.75. The van der Waals surface area contributed by atoms with Crippen molar-refractivity contribution in [2.24, 2.45) is 4.99 Å². The number of nitrogens with zero attached hydrogens (tertiary/aromatic N) is 3. The third-order valence-electron chi connectivity index (χ3n) is 4.80. The molecule has 2 aromatic carbocycles. The van der Waals surface area contributed by atoms with Gasteiger partial charge in [-0.05, 0) is 41.8 Å². The largest absolute Gasteiger partial charge is 0.493 e. The Morgan fingerprint density at radius 3 is 2.61 bits per heavy atom. The Labute approximate surface area is 212 Å². The number of guanidine groups is 1. The Morgan fingerprint density at radius 2 is 1.91 bits per heavy atom. The maximum Gasteiger partial charge on any atom is 0.191 e. The molecule has 0 radical (unpaired) electrons. The molecule has 0 bridgehead atoms. The minimum absolute atomic E-state index is 0. The standard InChI is InChI=1S/C24H31N5O3.HI/c1-3-25-24(26-16-19-9-10-22(32-14-13-30)23(15-19)31-2)27-17-20-7-4-5-8-21(20)18-29-12-6-11-28-29;/h4-12,15,30H,3,13-14,16-18H2,1-2H3,(H2,25,26,27);1H. The lowest BCUT2D eigenvalue weighted by Crippen LogP contribution is -2.37. The Hall–Kier alpha value is -2.79. The van der Waals surface area contributed by atoms with Gasteiger partial charge in [0.25, 0.3) is 0 Å². The fourth-order valence-corrected chi connectivity index (χ4v) is 3.23. The van der Waals surface area contributed by atoms with Crippen LogP contribution in [0.15, 0.2) is 65.9 Å². The summed E-state index contributed by atoms with van der Waals surface area (Å²) in [7, 11) is 1.60. The number of hydrogen-bond donors (Lipinski definition) is 3. The summed E-state index contributed by atoms with van der Waals surface area (Å²) in [5.74, 6) is 1.96.